The highest BCUT2D eigenvalue weighted by Gasteiger charge is 2.20. The third-order valence-electron chi connectivity index (χ3n) is 11.0. The van der Waals surface area contributed by atoms with Crippen LogP contribution in [0.15, 0.2) is 91.3 Å². The maximum Gasteiger partial charge on any atom is 0.142 e. The van der Waals surface area contributed by atoms with Crippen molar-refractivity contribution in [2.75, 3.05) is 39.8 Å². The fourth-order valence-electron chi connectivity index (χ4n) is 7.65. The maximum atomic E-state index is 9.83. The SMILES string of the molecule is Cc1c(COc2cc(OCc3cncc(C#N)c3)c(CN(C)CCc3nc4ccccc4n3C)cc2Cl)cccc1-c1cccc(OCCCN2CCC(O)C2)c1C. The number of halogens is 1. The predicted octanol–water partition coefficient (Wildman–Crippen LogP) is 8.45. The molecule has 2 aromatic heterocycles. The van der Waals surface area contributed by atoms with E-state index in [1.165, 1.54) is 6.20 Å². The minimum absolute atomic E-state index is 0.204. The van der Waals surface area contributed by atoms with E-state index in [-0.39, 0.29) is 12.7 Å². The number of aryl methyl sites for hydroxylation is 1. The monoisotopic (exact) mass is 798 g/mol. The zero-order valence-electron chi connectivity index (χ0n) is 33.7. The zero-order valence-corrected chi connectivity index (χ0v) is 34.5. The van der Waals surface area contributed by atoms with Crippen LogP contribution in [0.5, 0.6) is 17.2 Å². The van der Waals surface area contributed by atoms with Gasteiger partial charge in [-0.25, -0.2) is 4.98 Å². The second-order valence-corrected chi connectivity index (χ2v) is 15.6. The highest BCUT2D eigenvalue weighted by atomic mass is 35.5. The van der Waals surface area contributed by atoms with E-state index in [0.29, 0.717) is 41.8 Å². The van der Waals surface area contributed by atoms with Crippen molar-refractivity contribution >= 4 is 22.6 Å². The lowest BCUT2D eigenvalue weighted by Crippen LogP contribution is -2.24. The van der Waals surface area contributed by atoms with Gasteiger partial charge in [-0.05, 0) is 91.9 Å². The minimum atomic E-state index is -0.204. The third-order valence-corrected chi connectivity index (χ3v) is 11.3. The van der Waals surface area contributed by atoms with E-state index < -0.39 is 0 Å². The van der Waals surface area contributed by atoms with Crippen LogP contribution in [0.2, 0.25) is 5.02 Å². The second kappa shape index (κ2) is 18.9. The van der Waals surface area contributed by atoms with Gasteiger partial charge in [0.1, 0.15) is 42.4 Å². The number of rotatable bonds is 17. The van der Waals surface area contributed by atoms with Gasteiger partial charge in [-0.1, -0.05) is 54.1 Å². The van der Waals surface area contributed by atoms with E-state index in [1.807, 2.05) is 42.5 Å². The molecule has 0 spiro atoms. The van der Waals surface area contributed by atoms with E-state index >= 15 is 0 Å². The number of aliphatic hydroxyl groups is 1. The Morgan fingerprint density at radius 3 is 2.48 bits per heavy atom. The van der Waals surface area contributed by atoms with Crippen molar-refractivity contribution in [1.29, 1.82) is 5.26 Å². The van der Waals surface area contributed by atoms with Gasteiger partial charge in [-0.2, -0.15) is 5.26 Å². The van der Waals surface area contributed by atoms with Crippen molar-refractivity contribution < 1.29 is 19.3 Å². The molecule has 10 nitrogen and oxygen atoms in total. The van der Waals surface area contributed by atoms with Crippen molar-refractivity contribution in [3.63, 3.8) is 0 Å². The number of hydrogen-bond acceptors (Lipinski definition) is 9. The molecule has 11 heteroatoms. The number of aromatic nitrogens is 3. The average molecular weight is 799 g/mol. The number of nitrogens with zero attached hydrogens (tertiary/aromatic N) is 6. The molecule has 1 aliphatic heterocycles. The predicted molar refractivity (Wildman–Crippen MR) is 228 cm³/mol. The Morgan fingerprint density at radius 2 is 1.69 bits per heavy atom. The summed E-state index contributed by atoms with van der Waals surface area (Å²) in [5.41, 5.74) is 9.79. The number of ether oxygens (including phenoxy) is 3. The van der Waals surface area contributed by atoms with E-state index in [9.17, 15) is 10.4 Å². The first kappa shape index (κ1) is 40.7. The van der Waals surface area contributed by atoms with Gasteiger partial charge in [0.05, 0.1) is 34.3 Å². The summed E-state index contributed by atoms with van der Waals surface area (Å²) >= 11 is 6.96. The molecule has 1 atom stereocenters. The first-order valence-corrected chi connectivity index (χ1v) is 20.3. The van der Waals surface area contributed by atoms with Crippen molar-refractivity contribution in [3.8, 4) is 34.4 Å². The number of imidazole rings is 1. The van der Waals surface area contributed by atoms with E-state index in [2.05, 4.69) is 83.7 Å². The highest BCUT2D eigenvalue weighted by Crippen LogP contribution is 2.37. The number of β-amino-alcohol motifs (C(OH)–C–C–N with tert-alkyl or cyclic N) is 1. The molecule has 6 aromatic rings. The van der Waals surface area contributed by atoms with Gasteiger partial charge in [0.2, 0.25) is 0 Å². The topological polar surface area (TPSA) is 109 Å². The van der Waals surface area contributed by atoms with Gasteiger partial charge in [0.15, 0.2) is 0 Å². The Balaban J connectivity index is 1.05. The summed E-state index contributed by atoms with van der Waals surface area (Å²) in [6, 6.07) is 28.4. The standard InChI is InChI=1S/C47H51ClN6O4/c1-32-36(10-7-11-39(32)40-12-8-15-44(33(40)2)56-21-9-18-54-20-16-38(55)29-54)31-58-46-24-45(57-30-35-22-34(25-49)26-50-27-35)37(23-41(46)48)28-52(3)19-17-47-51-42-13-5-6-14-43(42)53(47)4/h5-8,10-15,22-24,26-27,38,55H,9,16-21,28-31H2,1-4H3. The van der Waals surface area contributed by atoms with Gasteiger partial charge in [-0.3, -0.25) is 4.98 Å². The normalized spacial score (nSPS) is 14.3. The molecule has 0 saturated carbocycles. The lowest BCUT2D eigenvalue weighted by Gasteiger charge is -2.21. The van der Waals surface area contributed by atoms with E-state index in [0.717, 1.165) is 107 Å². The molecular weight excluding hydrogens is 748 g/mol. The maximum absolute atomic E-state index is 9.83. The van der Waals surface area contributed by atoms with Crippen LogP contribution in [-0.2, 0) is 33.2 Å². The lowest BCUT2D eigenvalue weighted by atomic mass is 9.93. The van der Waals surface area contributed by atoms with E-state index in [1.54, 1.807) is 12.3 Å². The minimum Gasteiger partial charge on any atom is -0.493 e. The smallest absolute Gasteiger partial charge is 0.142 e. The molecule has 0 radical (unpaired) electrons. The summed E-state index contributed by atoms with van der Waals surface area (Å²) in [5, 5.41) is 19.7. The van der Waals surface area contributed by atoms with Crippen LogP contribution in [0.4, 0.5) is 0 Å². The van der Waals surface area contributed by atoms with Crippen molar-refractivity contribution in [1.82, 2.24) is 24.3 Å². The quantitative estimate of drug-likeness (QED) is 0.0910. The molecular formula is C47H51ClN6O4. The Morgan fingerprint density at radius 1 is 0.897 bits per heavy atom. The molecule has 1 unspecified atom stereocenters. The van der Waals surface area contributed by atoms with Crippen LogP contribution < -0.4 is 14.2 Å². The summed E-state index contributed by atoms with van der Waals surface area (Å²) in [6.07, 6.45) is 5.58. The zero-order chi connectivity index (χ0) is 40.6. The molecule has 300 valence electrons. The van der Waals surface area contributed by atoms with Crippen LogP contribution in [-0.4, -0.2) is 75.4 Å². The molecule has 1 saturated heterocycles. The number of hydrogen-bond donors (Lipinski definition) is 1. The summed E-state index contributed by atoms with van der Waals surface area (Å²) in [4.78, 5) is 13.6. The second-order valence-electron chi connectivity index (χ2n) is 15.2. The summed E-state index contributed by atoms with van der Waals surface area (Å²) < 4.78 is 21.3. The largest absolute Gasteiger partial charge is 0.493 e. The van der Waals surface area contributed by atoms with Crippen LogP contribution in [0, 0.1) is 25.2 Å². The molecule has 0 aliphatic carbocycles. The summed E-state index contributed by atoms with van der Waals surface area (Å²) in [6.45, 7) is 9.37. The summed E-state index contributed by atoms with van der Waals surface area (Å²) in [5.74, 6) is 3.07. The molecule has 1 N–H and O–H groups in total. The summed E-state index contributed by atoms with van der Waals surface area (Å²) in [7, 11) is 4.14. The number of likely N-dealkylation sites (N-methyl/N-ethyl adjacent to an activating group) is 1. The van der Waals surface area contributed by atoms with Gasteiger partial charge in [0.25, 0.3) is 0 Å². The average Bonchev–Trinajstić information content (AvgIpc) is 3.80. The number of pyridine rings is 1. The molecule has 0 bridgehead atoms. The fraction of sp³-hybridized carbons (Fsp3) is 0.340. The highest BCUT2D eigenvalue weighted by molar-refractivity contribution is 6.32. The van der Waals surface area contributed by atoms with E-state index in [4.69, 9.17) is 30.8 Å². The van der Waals surface area contributed by atoms with Crippen molar-refractivity contribution in [3.05, 3.63) is 135 Å². The van der Waals surface area contributed by atoms with Crippen LogP contribution in [0.1, 0.15) is 52.0 Å². The molecule has 1 fully saturated rings. The Kier molecular flexibility index (Phi) is 13.3. The van der Waals surface area contributed by atoms with Crippen molar-refractivity contribution in [2.45, 2.75) is 59.0 Å². The van der Waals surface area contributed by atoms with Gasteiger partial charge in [0, 0.05) is 75.8 Å². The molecule has 0 amide bonds. The number of likely N-dealkylation sites (tertiary alicyclic amines) is 1. The molecule has 58 heavy (non-hydrogen) atoms. The van der Waals surface area contributed by atoms with Gasteiger partial charge < -0.3 is 33.7 Å². The fourth-order valence-corrected chi connectivity index (χ4v) is 7.89. The number of nitriles is 1. The van der Waals surface area contributed by atoms with Crippen LogP contribution in [0.3, 0.4) is 0 Å². The number of aliphatic hydroxyl groups excluding tert-OH is 1. The van der Waals surface area contributed by atoms with Gasteiger partial charge in [-0.15, -0.1) is 0 Å². The van der Waals surface area contributed by atoms with Gasteiger partial charge >= 0.3 is 0 Å². The molecule has 4 aromatic carbocycles. The molecule has 3 heterocycles. The Bertz CT molecular complexity index is 2410. The number of para-hydroxylation sites is 2. The first-order chi connectivity index (χ1) is 28.2. The Labute approximate surface area is 346 Å². The van der Waals surface area contributed by atoms with Crippen molar-refractivity contribution in [2.24, 2.45) is 7.05 Å². The first-order valence-electron chi connectivity index (χ1n) is 19.9. The number of benzene rings is 4. The third kappa shape index (κ3) is 9.80. The van der Waals surface area contributed by atoms with Crippen LogP contribution >= 0.6 is 11.6 Å². The molecule has 1 aliphatic rings. The molecule has 7 rings (SSSR count). The number of fused-ring (bicyclic) bond motifs is 1. The lowest BCUT2D eigenvalue weighted by molar-refractivity contribution is 0.173. The Hall–Kier alpha value is -5.44. The van der Waals surface area contributed by atoms with Crippen LogP contribution in [0.25, 0.3) is 22.2 Å².